The van der Waals surface area contributed by atoms with Crippen molar-refractivity contribution in [2.24, 2.45) is 0 Å². The monoisotopic (exact) mass is 243 g/mol. The van der Waals surface area contributed by atoms with Gasteiger partial charge in [0, 0.05) is 6.92 Å². The van der Waals surface area contributed by atoms with E-state index in [2.05, 4.69) is 0 Å². The van der Waals surface area contributed by atoms with Crippen LogP contribution in [0.25, 0.3) is 0 Å². The second-order valence-electron chi connectivity index (χ2n) is 1.26. The molecule has 0 aliphatic rings. The molecule has 0 aromatic heterocycles. The van der Waals surface area contributed by atoms with Gasteiger partial charge in [-0.05, 0) is 0 Å². The van der Waals surface area contributed by atoms with Gasteiger partial charge in [0.15, 0.2) is 6.10 Å². The molecule has 0 aliphatic carbocycles. The molecule has 6 heteroatoms. The van der Waals surface area contributed by atoms with Gasteiger partial charge in [-0.15, -0.1) is 0 Å². The van der Waals surface area contributed by atoms with Crippen LogP contribution in [0.1, 0.15) is 6.92 Å². The first-order chi connectivity index (χ1) is 3.94. The summed E-state index contributed by atoms with van der Waals surface area (Å²) in [6.45, 7) is 1.52. The Balaban J connectivity index is 0. The minimum atomic E-state index is -1.42. The molecule has 0 heterocycles. The first-order valence-electron chi connectivity index (χ1n) is 2.01. The normalized spacial score (nSPS) is 13.7. The SMILES string of the molecule is CC([OH2+])C(Cl)(Cl)Cl.[O]=[Zn]. The first-order valence-corrected chi connectivity index (χ1v) is 4.36. The maximum absolute atomic E-state index is 8.38. The van der Waals surface area contributed by atoms with Gasteiger partial charge in [0.05, 0.1) is 0 Å². The second-order valence-corrected chi connectivity index (χ2v) is 3.63. The van der Waals surface area contributed by atoms with Gasteiger partial charge in [0.1, 0.15) is 0 Å². The van der Waals surface area contributed by atoms with Gasteiger partial charge in [-0.1, -0.05) is 34.8 Å². The van der Waals surface area contributed by atoms with Crippen LogP contribution in [0.4, 0.5) is 0 Å². The molecule has 0 fully saturated rings. The zero-order valence-corrected chi connectivity index (χ0v) is 10.1. The number of alkyl halides is 3. The van der Waals surface area contributed by atoms with E-state index in [9.17, 15) is 0 Å². The molecule has 0 amide bonds. The van der Waals surface area contributed by atoms with Crippen molar-refractivity contribution < 1.29 is 26.9 Å². The Kier molecular flexibility index (Phi) is 8.59. The fraction of sp³-hybridized carbons (Fsp3) is 1.00. The quantitative estimate of drug-likeness (QED) is 0.361. The van der Waals surface area contributed by atoms with Gasteiger partial charge < -0.3 is 5.11 Å². The van der Waals surface area contributed by atoms with Crippen molar-refractivity contribution in [2.45, 2.75) is 16.8 Å². The van der Waals surface area contributed by atoms with Crippen LogP contribution in [0.3, 0.4) is 0 Å². The fourth-order valence-corrected chi connectivity index (χ4v) is 0. The Morgan fingerprint density at radius 3 is 1.56 bits per heavy atom. The van der Waals surface area contributed by atoms with Crippen molar-refractivity contribution in [3.8, 4) is 0 Å². The maximum atomic E-state index is 8.38. The summed E-state index contributed by atoms with van der Waals surface area (Å²) in [5.41, 5.74) is 0. The Hall–Kier alpha value is 1.25. The van der Waals surface area contributed by atoms with Crippen LogP contribution in [-0.4, -0.2) is 15.0 Å². The molecule has 0 rings (SSSR count). The molecule has 2 nitrogen and oxygen atoms in total. The Bertz CT molecular complexity index is 71.9. The summed E-state index contributed by atoms with van der Waals surface area (Å²) in [7, 11) is 0. The summed E-state index contributed by atoms with van der Waals surface area (Å²) in [5, 5.41) is 6.83. The molecule has 0 spiro atoms. The summed E-state index contributed by atoms with van der Waals surface area (Å²) < 4.78 is 6.96. The van der Waals surface area contributed by atoms with E-state index in [1.165, 1.54) is 6.92 Å². The molecule has 1 atom stereocenters. The molecule has 0 saturated carbocycles. The fourth-order valence-electron chi connectivity index (χ4n) is 0. The number of rotatable bonds is 0. The van der Waals surface area contributed by atoms with E-state index >= 15 is 0 Å². The van der Waals surface area contributed by atoms with Gasteiger partial charge >= 0.3 is 21.8 Å². The van der Waals surface area contributed by atoms with E-state index in [0.29, 0.717) is 0 Å². The zero-order valence-electron chi connectivity index (χ0n) is 4.83. The van der Waals surface area contributed by atoms with E-state index in [-0.39, 0.29) is 18.3 Å². The predicted molar refractivity (Wildman–Crippen MR) is 34.1 cm³/mol. The third-order valence-electron chi connectivity index (χ3n) is 0.491. The average molecular weight is 246 g/mol. The number of hydrogen-bond acceptors (Lipinski definition) is 1. The third-order valence-corrected chi connectivity index (χ3v) is 1.47. The van der Waals surface area contributed by atoms with Crippen LogP contribution in [0.15, 0.2) is 0 Å². The predicted octanol–water partition coefficient (Wildman–Crippen LogP) is 1.35. The molecule has 0 aromatic carbocycles. The van der Waals surface area contributed by atoms with E-state index < -0.39 is 9.90 Å². The molecule has 0 bridgehead atoms. The van der Waals surface area contributed by atoms with Gasteiger partial charge in [-0.2, -0.15) is 0 Å². The Morgan fingerprint density at radius 1 is 1.44 bits per heavy atom. The van der Waals surface area contributed by atoms with Gasteiger partial charge in [0.2, 0.25) is 0 Å². The second kappa shape index (κ2) is 6.00. The molecule has 52 valence electrons. The van der Waals surface area contributed by atoms with Crippen LogP contribution in [-0.2, 0) is 21.8 Å². The van der Waals surface area contributed by atoms with Crippen molar-refractivity contribution in [3.63, 3.8) is 0 Å². The van der Waals surface area contributed by atoms with Gasteiger partial charge in [0.25, 0.3) is 3.79 Å². The summed E-state index contributed by atoms with van der Waals surface area (Å²) in [6.07, 6.45) is -0.655. The van der Waals surface area contributed by atoms with E-state index in [0.717, 1.165) is 0 Å². The van der Waals surface area contributed by atoms with E-state index in [1.807, 2.05) is 0 Å². The molecule has 0 radical (unpaired) electrons. The van der Waals surface area contributed by atoms with Gasteiger partial charge in [-0.25, -0.2) is 0 Å². The Morgan fingerprint density at radius 2 is 1.56 bits per heavy atom. The topological polar surface area (TPSA) is 40.0 Å². The van der Waals surface area contributed by atoms with Crippen molar-refractivity contribution in [3.05, 3.63) is 0 Å². The molecule has 9 heavy (non-hydrogen) atoms. The average Bonchev–Trinajstić information content (AvgIpc) is 1.69. The van der Waals surface area contributed by atoms with Crippen molar-refractivity contribution in [2.75, 3.05) is 0 Å². The summed E-state index contributed by atoms with van der Waals surface area (Å²) >= 11 is 15.8. The summed E-state index contributed by atoms with van der Waals surface area (Å²) in [6, 6.07) is 0. The number of halogens is 3. The van der Waals surface area contributed by atoms with Gasteiger partial charge in [-0.3, -0.25) is 0 Å². The summed E-state index contributed by atoms with van der Waals surface area (Å²) in [4.78, 5) is 0. The first kappa shape index (κ1) is 12.9. The van der Waals surface area contributed by atoms with E-state index in [1.54, 1.807) is 0 Å². The third kappa shape index (κ3) is 9.25. The van der Waals surface area contributed by atoms with Crippen LogP contribution >= 0.6 is 34.8 Å². The van der Waals surface area contributed by atoms with Crippen LogP contribution < -0.4 is 0 Å². The standard InChI is InChI=1S/C3H5Cl3O.O.Zn/c1-2(7)3(4,5)6;;/h2,7H,1H3;;/p+1. The molecule has 0 aromatic rings. The van der Waals surface area contributed by atoms with Crippen molar-refractivity contribution in [1.82, 2.24) is 0 Å². The van der Waals surface area contributed by atoms with Crippen LogP contribution in [0.5, 0.6) is 0 Å². The summed E-state index contributed by atoms with van der Waals surface area (Å²) in [5.74, 6) is 0. The van der Waals surface area contributed by atoms with Crippen LogP contribution in [0, 0.1) is 0 Å². The molecule has 0 aliphatic heterocycles. The molecule has 1 unspecified atom stereocenters. The minimum absolute atomic E-state index is 0.125. The van der Waals surface area contributed by atoms with Crippen molar-refractivity contribution >= 4 is 34.8 Å². The number of hydrogen-bond donors (Lipinski definition) is 0. The van der Waals surface area contributed by atoms with E-state index in [4.69, 9.17) is 43.5 Å². The molecular formula is C3H6Cl3O2Zn+. The van der Waals surface area contributed by atoms with Crippen LogP contribution in [0.2, 0.25) is 0 Å². The molecular weight excluding hydrogens is 240 g/mol. The molecule has 2 N–H and O–H groups in total. The van der Waals surface area contributed by atoms with Crippen molar-refractivity contribution in [1.29, 1.82) is 0 Å². The Labute approximate surface area is 78.4 Å². The zero-order chi connectivity index (χ0) is 8.08. The molecule has 0 saturated heterocycles.